The largest absolute Gasteiger partial charge is 0.389 e. The van der Waals surface area contributed by atoms with Gasteiger partial charge < -0.3 is 9.84 Å². The highest BCUT2D eigenvalue weighted by molar-refractivity contribution is 8.00. The van der Waals surface area contributed by atoms with Gasteiger partial charge in [-0.05, 0) is 24.6 Å². The average molecular weight is 245 g/mol. The molecule has 1 fully saturated rings. The molecule has 0 saturated carbocycles. The molecule has 15 heavy (non-hydrogen) atoms. The van der Waals surface area contributed by atoms with Crippen LogP contribution in [-0.4, -0.2) is 23.6 Å². The zero-order valence-corrected chi connectivity index (χ0v) is 10.0. The lowest BCUT2D eigenvalue weighted by molar-refractivity contribution is 0.0455. The average Bonchev–Trinajstić information content (AvgIpc) is 2.12. The first-order valence-corrected chi connectivity index (χ1v) is 6.14. The predicted octanol–water partition coefficient (Wildman–Crippen LogP) is 2.88. The van der Waals surface area contributed by atoms with E-state index in [0.717, 1.165) is 23.7 Å². The van der Waals surface area contributed by atoms with Crippen molar-refractivity contribution in [3.8, 4) is 0 Å². The standard InChI is InChI=1S/C11H13ClO2S/c1-7(13)8-2-3-11(10(12)4-8)15-9-5-14-6-9/h2-4,7,9,13H,5-6H2,1H3/t7-/m0/s1. The Balaban J connectivity index is 2.11. The zero-order valence-electron chi connectivity index (χ0n) is 8.44. The monoisotopic (exact) mass is 244 g/mol. The molecular weight excluding hydrogens is 232 g/mol. The smallest absolute Gasteiger partial charge is 0.0762 e. The molecule has 1 saturated heterocycles. The Hall–Kier alpha value is -0.220. The number of aliphatic hydroxyl groups excluding tert-OH is 1. The summed E-state index contributed by atoms with van der Waals surface area (Å²) in [6.07, 6.45) is -0.464. The van der Waals surface area contributed by atoms with Crippen LogP contribution in [0.1, 0.15) is 18.6 Å². The summed E-state index contributed by atoms with van der Waals surface area (Å²) < 4.78 is 5.10. The van der Waals surface area contributed by atoms with Crippen molar-refractivity contribution in [1.82, 2.24) is 0 Å². The van der Waals surface area contributed by atoms with Gasteiger partial charge >= 0.3 is 0 Å². The first-order chi connectivity index (χ1) is 7.16. The van der Waals surface area contributed by atoms with Crippen LogP contribution in [0.25, 0.3) is 0 Å². The van der Waals surface area contributed by atoms with Crippen LogP contribution in [0.4, 0.5) is 0 Å². The molecule has 2 rings (SSSR count). The molecule has 1 aliphatic heterocycles. The highest BCUT2D eigenvalue weighted by Gasteiger charge is 2.20. The Morgan fingerprint density at radius 1 is 1.53 bits per heavy atom. The quantitative estimate of drug-likeness (QED) is 0.887. The van der Waals surface area contributed by atoms with E-state index in [1.165, 1.54) is 0 Å². The SMILES string of the molecule is C[C@H](O)c1ccc(SC2COC2)c(Cl)c1. The number of benzene rings is 1. The van der Waals surface area contributed by atoms with E-state index >= 15 is 0 Å². The van der Waals surface area contributed by atoms with E-state index in [-0.39, 0.29) is 0 Å². The number of thioether (sulfide) groups is 1. The van der Waals surface area contributed by atoms with Crippen molar-refractivity contribution >= 4 is 23.4 Å². The van der Waals surface area contributed by atoms with Gasteiger partial charge in [0.25, 0.3) is 0 Å². The maximum atomic E-state index is 9.39. The third-order valence-corrected chi connectivity index (χ3v) is 3.98. The van der Waals surface area contributed by atoms with Gasteiger partial charge in [0.15, 0.2) is 0 Å². The van der Waals surface area contributed by atoms with E-state index < -0.39 is 6.10 Å². The van der Waals surface area contributed by atoms with Crippen LogP contribution >= 0.6 is 23.4 Å². The Labute approximate surface area is 98.6 Å². The van der Waals surface area contributed by atoms with Gasteiger partial charge in [-0.2, -0.15) is 0 Å². The van der Waals surface area contributed by atoms with E-state index in [2.05, 4.69) is 0 Å². The molecule has 1 N–H and O–H groups in total. The predicted molar refractivity (Wildman–Crippen MR) is 62.5 cm³/mol. The van der Waals surface area contributed by atoms with Crippen LogP contribution in [0.2, 0.25) is 5.02 Å². The summed E-state index contributed by atoms with van der Waals surface area (Å²) in [4.78, 5) is 1.06. The molecular formula is C11H13ClO2S. The lowest BCUT2D eigenvalue weighted by Gasteiger charge is -2.25. The normalized spacial score (nSPS) is 18.6. The van der Waals surface area contributed by atoms with Gasteiger partial charge in [-0.25, -0.2) is 0 Å². The maximum Gasteiger partial charge on any atom is 0.0762 e. The second-order valence-corrected chi connectivity index (χ2v) is 5.39. The Morgan fingerprint density at radius 2 is 2.27 bits per heavy atom. The topological polar surface area (TPSA) is 29.5 Å². The molecule has 0 aliphatic carbocycles. The van der Waals surface area contributed by atoms with Gasteiger partial charge in [-0.3, -0.25) is 0 Å². The third kappa shape index (κ3) is 2.67. The molecule has 0 aromatic heterocycles. The second-order valence-electron chi connectivity index (χ2n) is 3.64. The lowest BCUT2D eigenvalue weighted by atomic mass is 10.1. The van der Waals surface area contributed by atoms with E-state index in [1.54, 1.807) is 18.7 Å². The first-order valence-electron chi connectivity index (χ1n) is 4.88. The summed E-state index contributed by atoms with van der Waals surface area (Å²) in [7, 11) is 0. The van der Waals surface area contributed by atoms with Gasteiger partial charge in [0.1, 0.15) is 0 Å². The Kier molecular flexibility index (Phi) is 3.57. The molecule has 1 atom stereocenters. The molecule has 1 heterocycles. The van der Waals surface area contributed by atoms with Gasteiger partial charge in [0.2, 0.25) is 0 Å². The minimum Gasteiger partial charge on any atom is -0.389 e. The van der Waals surface area contributed by atoms with Crippen LogP contribution in [-0.2, 0) is 4.74 Å². The van der Waals surface area contributed by atoms with Crippen molar-refractivity contribution in [2.24, 2.45) is 0 Å². The van der Waals surface area contributed by atoms with E-state index in [9.17, 15) is 5.11 Å². The van der Waals surface area contributed by atoms with Crippen LogP contribution in [0.3, 0.4) is 0 Å². The lowest BCUT2D eigenvalue weighted by Crippen LogP contribution is -2.30. The van der Waals surface area contributed by atoms with Crippen LogP contribution in [0, 0.1) is 0 Å². The van der Waals surface area contributed by atoms with Crippen molar-refractivity contribution in [1.29, 1.82) is 0 Å². The van der Waals surface area contributed by atoms with E-state index in [4.69, 9.17) is 16.3 Å². The highest BCUT2D eigenvalue weighted by Crippen LogP contribution is 2.34. The fourth-order valence-electron chi connectivity index (χ4n) is 1.33. The fourth-order valence-corrected chi connectivity index (χ4v) is 2.66. The van der Waals surface area contributed by atoms with Gasteiger partial charge in [-0.1, -0.05) is 17.7 Å². The highest BCUT2D eigenvalue weighted by atomic mass is 35.5. The summed E-state index contributed by atoms with van der Waals surface area (Å²) in [6, 6.07) is 5.71. The molecule has 1 aromatic rings. The van der Waals surface area contributed by atoms with E-state index in [1.807, 2.05) is 18.2 Å². The van der Waals surface area contributed by atoms with Crippen LogP contribution in [0.15, 0.2) is 23.1 Å². The maximum absolute atomic E-state index is 9.39. The molecule has 4 heteroatoms. The molecule has 0 radical (unpaired) electrons. The number of aliphatic hydroxyl groups is 1. The number of rotatable bonds is 3. The van der Waals surface area contributed by atoms with Gasteiger partial charge in [-0.15, -0.1) is 11.8 Å². The molecule has 82 valence electrons. The molecule has 1 aliphatic rings. The van der Waals surface area contributed by atoms with Crippen LogP contribution < -0.4 is 0 Å². The Bertz CT molecular complexity index is 350. The number of halogens is 1. The van der Waals surface area contributed by atoms with Crippen molar-refractivity contribution in [2.45, 2.75) is 23.2 Å². The first kappa shape index (κ1) is 11.3. The second kappa shape index (κ2) is 4.74. The van der Waals surface area contributed by atoms with Crippen molar-refractivity contribution < 1.29 is 9.84 Å². The van der Waals surface area contributed by atoms with E-state index in [0.29, 0.717) is 10.3 Å². The summed E-state index contributed by atoms with van der Waals surface area (Å²) >= 11 is 7.86. The van der Waals surface area contributed by atoms with Crippen molar-refractivity contribution in [3.63, 3.8) is 0 Å². The molecule has 0 unspecified atom stereocenters. The number of ether oxygens (including phenoxy) is 1. The number of hydrogen-bond acceptors (Lipinski definition) is 3. The molecule has 0 bridgehead atoms. The summed E-state index contributed by atoms with van der Waals surface area (Å²) in [6.45, 7) is 3.34. The summed E-state index contributed by atoms with van der Waals surface area (Å²) in [5, 5.41) is 10.6. The minimum atomic E-state index is -0.464. The Morgan fingerprint density at radius 3 is 2.73 bits per heavy atom. The van der Waals surface area contributed by atoms with Gasteiger partial charge in [0.05, 0.1) is 29.6 Å². The molecule has 1 aromatic carbocycles. The van der Waals surface area contributed by atoms with Crippen molar-refractivity contribution in [2.75, 3.05) is 13.2 Å². The minimum absolute atomic E-state index is 0.464. The zero-order chi connectivity index (χ0) is 10.8. The number of hydrogen-bond donors (Lipinski definition) is 1. The van der Waals surface area contributed by atoms with Crippen molar-refractivity contribution in [3.05, 3.63) is 28.8 Å². The third-order valence-electron chi connectivity index (χ3n) is 2.34. The summed E-state index contributed by atoms with van der Waals surface area (Å²) in [5.41, 5.74) is 0.856. The molecule has 0 amide bonds. The molecule has 0 spiro atoms. The molecule has 2 nitrogen and oxygen atoms in total. The fraction of sp³-hybridized carbons (Fsp3) is 0.455. The van der Waals surface area contributed by atoms with Gasteiger partial charge in [0, 0.05) is 4.90 Å². The van der Waals surface area contributed by atoms with Crippen LogP contribution in [0.5, 0.6) is 0 Å². The summed E-state index contributed by atoms with van der Waals surface area (Å²) in [5.74, 6) is 0.